The number of hydrogen-bond acceptors (Lipinski definition) is 4. The molecule has 34 heavy (non-hydrogen) atoms. The van der Waals surface area contributed by atoms with Crippen LogP contribution < -0.4 is 10.6 Å². The second kappa shape index (κ2) is 9.74. The van der Waals surface area contributed by atoms with Crippen LogP contribution in [0.5, 0.6) is 0 Å². The summed E-state index contributed by atoms with van der Waals surface area (Å²) in [5, 5.41) is 6.37. The van der Waals surface area contributed by atoms with E-state index >= 15 is 4.39 Å². The number of carbonyl (C=O) groups is 2. The van der Waals surface area contributed by atoms with Gasteiger partial charge in [-0.3, -0.25) is 9.59 Å². The molecule has 3 heterocycles. The van der Waals surface area contributed by atoms with Crippen LogP contribution in [0.25, 0.3) is 0 Å². The van der Waals surface area contributed by atoms with E-state index in [0.29, 0.717) is 61.1 Å². The number of nitrogens with one attached hydrogen (secondary N) is 2. The molecule has 1 aliphatic carbocycles. The summed E-state index contributed by atoms with van der Waals surface area (Å²) in [5.74, 6) is -0.936. The Labute approximate surface area is 199 Å². The molecule has 2 saturated heterocycles. The summed E-state index contributed by atoms with van der Waals surface area (Å²) in [4.78, 5) is 26.9. The summed E-state index contributed by atoms with van der Waals surface area (Å²) >= 11 is 0. The topological polar surface area (TPSA) is 70.7 Å². The molecule has 8 heteroatoms. The molecule has 4 aliphatic rings. The fourth-order valence-electron chi connectivity index (χ4n) is 5.86. The van der Waals surface area contributed by atoms with Gasteiger partial charge in [0.05, 0.1) is 12.6 Å². The van der Waals surface area contributed by atoms with E-state index in [1.165, 1.54) is 4.90 Å². The van der Waals surface area contributed by atoms with Crippen LogP contribution in [0.4, 0.5) is 8.78 Å². The molecule has 1 aromatic rings. The molecule has 1 aromatic carbocycles. The predicted octanol–water partition coefficient (Wildman–Crippen LogP) is 3.53. The first-order valence-electron chi connectivity index (χ1n) is 12.5. The smallest absolute Gasteiger partial charge is 0.255 e. The lowest BCUT2D eigenvalue weighted by molar-refractivity contribution is -0.126. The minimum atomic E-state index is -0.697. The van der Waals surface area contributed by atoms with E-state index in [9.17, 15) is 14.0 Å². The number of alkyl halides is 1. The number of carbonyl (C=O) groups excluding carboxylic acids is 2. The zero-order valence-corrected chi connectivity index (χ0v) is 19.5. The number of amides is 2. The van der Waals surface area contributed by atoms with Crippen LogP contribution in [-0.4, -0.2) is 53.7 Å². The van der Waals surface area contributed by atoms with Gasteiger partial charge in [-0.15, -0.1) is 0 Å². The number of allylic oxidation sites excluding steroid dienone is 1. The third-order valence-corrected chi connectivity index (χ3v) is 7.81. The second-order valence-corrected chi connectivity index (χ2v) is 10.1. The number of benzene rings is 1. The number of piperidine rings is 1. The van der Waals surface area contributed by atoms with Crippen LogP contribution in [0.2, 0.25) is 0 Å². The Balaban J connectivity index is 1.29. The van der Waals surface area contributed by atoms with Crippen LogP contribution in [0.1, 0.15) is 72.9 Å². The predicted molar refractivity (Wildman–Crippen MR) is 123 cm³/mol. The molecule has 2 N–H and O–H groups in total. The maximum Gasteiger partial charge on any atom is 0.255 e. The van der Waals surface area contributed by atoms with Crippen molar-refractivity contribution in [1.29, 1.82) is 0 Å². The molecule has 3 aliphatic heterocycles. The zero-order chi connectivity index (χ0) is 23.8. The molecule has 0 spiro atoms. The highest BCUT2D eigenvalue weighted by molar-refractivity contribution is 6.01. The van der Waals surface area contributed by atoms with Gasteiger partial charge in [-0.1, -0.05) is 12.6 Å². The van der Waals surface area contributed by atoms with Crippen LogP contribution in [-0.2, 0) is 22.5 Å². The maximum atomic E-state index is 15.6. The van der Waals surface area contributed by atoms with Gasteiger partial charge in [0.2, 0.25) is 5.91 Å². The van der Waals surface area contributed by atoms with Crippen molar-refractivity contribution in [1.82, 2.24) is 15.5 Å². The van der Waals surface area contributed by atoms with Gasteiger partial charge in [0, 0.05) is 41.9 Å². The van der Waals surface area contributed by atoms with Gasteiger partial charge in [0.25, 0.3) is 5.91 Å². The SMILES string of the molecule is C=C1CC[C@H](N2Cc3c(ccc(C[C@H]4OCCC[C@@H]4NC4CCC(F)CC4)c3F)C2=O)C(=O)N1. The van der Waals surface area contributed by atoms with Crippen LogP contribution >= 0.6 is 0 Å². The van der Waals surface area contributed by atoms with Crippen molar-refractivity contribution in [2.24, 2.45) is 0 Å². The number of rotatable bonds is 5. The molecule has 5 rings (SSSR count). The summed E-state index contributed by atoms with van der Waals surface area (Å²) in [6.45, 7) is 4.52. The van der Waals surface area contributed by atoms with Gasteiger partial charge in [-0.25, -0.2) is 8.78 Å². The average molecular weight is 474 g/mol. The van der Waals surface area contributed by atoms with Gasteiger partial charge in [-0.2, -0.15) is 0 Å². The van der Waals surface area contributed by atoms with Crippen molar-refractivity contribution in [3.63, 3.8) is 0 Å². The summed E-state index contributed by atoms with van der Waals surface area (Å²) < 4.78 is 35.2. The van der Waals surface area contributed by atoms with Crippen molar-refractivity contribution < 1.29 is 23.1 Å². The normalized spacial score (nSPS) is 32.0. The molecule has 1 saturated carbocycles. The molecule has 2 amide bonds. The summed E-state index contributed by atoms with van der Waals surface area (Å²) in [5.41, 5.74) is 1.87. The zero-order valence-electron chi connectivity index (χ0n) is 19.5. The summed E-state index contributed by atoms with van der Waals surface area (Å²) in [6, 6.07) is 3.13. The van der Waals surface area contributed by atoms with E-state index in [-0.39, 0.29) is 42.4 Å². The molecule has 0 radical (unpaired) electrons. The third-order valence-electron chi connectivity index (χ3n) is 7.81. The van der Waals surface area contributed by atoms with Gasteiger partial charge < -0.3 is 20.3 Å². The molecule has 184 valence electrons. The molecule has 0 bridgehead atoms. The van der Waals surface area contributed by atoms with Crippen molar-refractivity contribution in [3.05, 3.63) is 46.9 Å². The van der Waals surface area contributed by atoms with Crippen molar-refractivity contribution >= 4 is 11.8 Å². The highest BCUT2D eigenvalue weighted by Crippen LogP contribution is 2.33. The maximum absolute atomic E-state index is 15.6. The third kappa shape index (κ3) is 4.62. The largest absolute Gasteiger partial charge is 0.376 e. The molecular weight excluding hydrogens is 440 g/mol. The Morgan fingerprint density at radius 2 is 1.94 bits per heavy atom. The van der Waals surface area contributed by atoms with Gasteiger partial charge in [0.15, 0.2) is 0 Å². The molecule has 0 unspecified atom stereocenters. The van der Waals surface area contributed by atoms with E-state index in [4.69, 9.17) is 4.74 Å². The Morgan fingerprint density at radius 3 is 2.71 bits per heavy atom. The lowest BCUT2D eigenvalue weighted by atomic mass is 9.90. The molecule has 0 aromatic heterocycles. The number of fused-ring (bicyclic) bond motifs is 1. The minimum Gasteiger partial charge on any atom is -0.376 e. The summed E-state index contributed by atoms with van der Waals surface area (Å²) in [6.07, 6.45) is 5.34. The quantitative estimate of drug-likeness (QED) is 0.687. The second-order valence-electron chi connectivity index (χ2n) is 10.1. The first-order chi connectivity index (χ1) is 16.4. The van der Waals surface area contributed by atoms with Crippen molar-refractivity contribution in [3.8, 4) is 0 Å². The fraction of sp³-hybridized carbons (Fsp3) is 0.615. The van der Waals surface area contributed by atoms with E-state index in [1.54, 1.807) is 12.1 Å². The Hall–Kier alpha value is -2.32. The van der Waals surface area contributed by atoms with Gasteiger partial charge in [-0.05, 0) is 63.0 Å². The lowest BCUT2D eigenvalue weighted by Crippen LogP contribution is -2.50. The molecular formula is C26H33F2N3O3. The average Bonchev–Trinajstić information content (AvgIpc) is 3.15. The fourth-order valence-corrected chi connectivity index (χ4v) is 5.86. The Morgan fingerprint density at radius 1 is 1.15 bits per heavy atom. The number of ether oxygens (including phenoxy) is 1. The number of hydrogen-bond donors (Lipinski definition) is 2. The molecule has 3 fully saturated rings. The molecule has 3 atom stereocenters. The Bertz CT molecular complexity index is 976. The van der Waals surface area contributed by atoms with E-state index in [0.717, 1.165) is 25.7 Å². The van der Waals surface area contributed by atoms with Crippen molar-refractivity contribution in [2.75, 3.05) is 6.61 Å². The first-order valence-corrected chi connectivity index (χ1v) is 12.5. The van der Waals surface area contributed by atoms with Gasteiger partial charge >= 0.3 is 0 Å². The van der Waals surface area contributed by atoms with Crippen LogP contribution in [0, 0.1) is 5.82 Å². The minimum absolute atomic E-state index is 0.0953. The highest BCUT2D eigenvalue weighted by Gasteiger charge is 2.40. The summed E-state index contributed by atoms with van der Waals surface area (Å²) in [7, 11) is 0. The van der Waals surface area contributed by atoms with E-state index in [1.807, 2.05) is 0 Å². The molecule has 6 nitrogen and oxygen atoms in total. The van der Waals surface area contributed by atoms with Crippen LogP contribution in [0.15, 0.2) is 24.4 Å². The van der Waals surface area contributed by atoms with E-state index in [2.05, 4.69) is 17.2 Å². The van der Waals surface area contributed by atoms with Crippen LogP contribution in [0.3, 0.4) is 0 Å². The first kappa shape index (κ1) is 23.4. The highest BCUT2D eigenvalue weighted by atomic mass is 19.1. The number of halogens is 2. The standard InChI is InChI=1S/C26H33F2N3O3/c1-15-4-11-22(25(32)29-15)31-14-20-19(26(31)33)10-5-16(24(20)28)13-23-21(3-2-12-34-23)30-18-8-6-17(27)7-9-18/h5,10,17-18,21-23,30H,1-4,6-9,11-14H2,(H,29,32)/t17?,18?,21-,22-,23+/m0/s1. The monoisotopic (exact) mass is 473 g/mol. The van der Waals surface area contributed by atoms with Gasteiger partial charge in [0.1, 0.15) is 18.0 Å². The van der Waals surface area contributed by atoms with E-state index < -0.39 is 12.2 Å². The van der Waals surface area contributed by atoms with Crippen molar-refractivity contribution in [2.45, 2.75) is 94.7 Å². The number of nitrogens with zero attached hydrogens (tertiary/aromatic N) is 1. The lowest BCUT2D eigenvalue weighted by Gasteiger charge is -2.37. The Kier molecular flexibility index (Phi) is 6.71.